The lowest BCUT2D eigenvalue weighted by Gasteiger charge is -2.50. The predicted octanol–water partition coefficient (Wildman–Crippen LogP) is 1.51. The fraction of sp³-hybridized carbons (Fsp3) is 0.684. The maximum absolute atomic E-state index is 13.4. The number of carbonyl (C=O) groups excluding carboxylic acids is 1. The topological polar surface area (TPSA) is 83.9 Å². The summed E-state index contributed by atoms with van der Waals surface area (Å²) in [4.78, 5) is 33.9. The second-order valence-electron chi connectivity index (χ2n) is 8.52. The number of halogens is 1. The van der Waals surface area contributed by atoms with Gasteiger partial charge in [-0.25, -0.2) is 9.97 Å². The molecule has 30 heavy (non-hydrogen) atoms. The largest absolute Gasteiger partial charge is 0.378 e. The highest BCUT2D eigenvalue weighted by Gasteiger charge is 2.41. The lowest BCUT2D eigenvalue weighted by molar-refractivity contribution is -0.0929. The van der Waals surface area contributed by atoms with Crippen molar-refractivity contribution in [2.75, 3.05) is 64.1 Å². The molecule has 1 amide bonds. The number of fused-ring (bicyclic) bond motifs is 1. The van der Waals surface area contributed by atoms with E-state index in [0.29, 0.717) is 60.1 Å². The number of rotatable bonds is 3. The average Bonchev–Trinajstić information content (AvgIpc) is 3.09. The summed E-state index contributed by atoms with van der Waals surface area (Å²) in [5, 5.41) is 0.605. The molecule has 2 aromatic heterocycles. The van der Waals surface area contributed by atoms with E-state index in [0.717, 1.165) is 26.3 Å². The second-order valence-corrected chi connectivity index (χ2v) is 9.84. The van der Waals surface area contributed by atoms with E-state index in [2.05, 4.69) is 38.6 Å². The van der Waals surface area contributed by atoms with Gasteiger partial charge in [0, 0.05) is 32.7 Å². The Balaban J connectivity index is 1.42. The first kappa shape index (κ1) is 20.3. The molecule has 0 atom stereocenters. The SMILES string of the molecule is CC1(C)CN(C2COC2)CCN1C(=O)c1nc2c(N3CCOCC3)nc(Cl)nc2s1. The van der Waals surface area contributed by atoms with Crippen LogP contribution in [0, 0.1) is 0 Å². The van der Waals surface area contributed by atoms with Gasteiger partial charge in [-0.15, -0.1) is 0 Å². The lowest BCUT2D eigenvalue weighted by atomic mass is 9.97. The van der Waals surface area contributed by atoms with Gasteiger partial charge >= 0.3 is 0 Å². The van der Waals surface area contributed by atoms with Crippen LogP contribution in [0.15, 0.2) is 0 Å². The molecule has 0 unspecified atom stereocenters. The first-order valence-corrected chi connectivity index (χ1v) is 11.4. The second kappa shape index (κ2) is 7.83. The van der Waals surface area contributed by atoms with Crippen LogP contribution in [0.2, 0.25) is 5.28 Å². The summed E-state index contributed by atoms with van der Waals surface area (Å²) >= 11 is 7.46. The van der Waals surface area contributed by atoms with Crippen molar-refractivity contribution in [1.82, 2.24) is 24.8 Å². The molecule has 3 saturated heterocycles. The van der Waals surface area contributed by atoms with Crippen molar-refractivity contribution >= 4 is 45.0 Å². The zero-order valence-electron chi connectivity index (χ0n) is 17.1. The maximum atomic E-state index is 13.4. The molecule has 0 aromatic carbocycles. The molecule has 3 aliphatic heterocycles. The highest BCUT2D eigenvalue weighted by atomic mass is 35.5. The van der Waals surface area contributed by atoms with Crippen LogP contribution in [-0.4, -0.2) is 101 Å². The summed E-state index contributed by atoms with van der Waals surface area (Å²) in [6.07, 6.45) is 0. The maximum Gasteiger partial charge on any atom is 0.283 e. The number of aromatic nitrogens is 3. The highest BCUT2D eigenvalue weighted by Crippen LogP contribution is 2.32. The molecule has 0 N–H and O–H groups in total. The molecule has 9 nitrogen and oxygen atoms in total. The van der Waals surface area contributed by atoms with Crippen LogP contribution in [0.5, 0.6) is 0 Å². The zero-order valence-corrected chi connectivity index (χ0v) is 18.7. The number of piperazine rings is 1. The molecule has 3 aliphatic rings. The van der Waals surface area contributed by atoms with Crippen molar-refractivity contribution in [2.24, 2.45) is 0 Å². The van der Waals surface area contributed by atoms with Gasteiger partial charge in [0.1, 0.15) is 5.52 Å². The molecule has 0 aliphatic carbocycles. The molecule has 11 heteroatoms. The fourth-order valence-electron chi connectivity index (χ4n) is 4.30. The van der Waals surface area contributed by atoms with Gasteiger partial charge in [0.05, 0.1) is 38.0 Å². The Morgan fingerprint density at radius 2 is 1.87 bits per heavy atom. The predicted molar refractivity (Wildman–Crippen MR) is 115 cm³/mol. The van der Waals surface area contributed by atoms with E-state index in [-0.39, 0.29) is 16.7 Å². The van der Waals surface area contributed by atoms with Gasteiger partial charge < -0.3 is 19.3 Å². The third kappa shape index (κ3) is 3.64. The summed E-state index contributed by atoms with van der Waals surface area (Å²) in [5.41, 5.74) is 0.344. The van der Waals surface area contributed by atoms with E-state index in [4.69, 9.17) is 21.1 Å². The van der Waals surface area contributed by atoms with Crippen LogP contribution in [0.1, 0.15) is 23.6 Å². The Morgan fingerprint density at radius 1 is 1.10 bits per heavy atom. The first-order valence-electron chi connectivity index (χ1n) is 10.2. The molecule has 3 fully saturated rings. The van der Waals surface area contributed by atoms with Crippen molar-refractivity contribution in [3.8, 4) is 0 Å². The highest BCUT2D eigenvalue weighted by molar-refractivity contribution is 7.20. The first-order chi connectivity index (χ1) is 14.4. The van der Waals surface area contributed by atoms with E-state index in [1.165, 1.54) is 11.3 Å². The monoisotopic (exact) mass is 452 g/mol. The number of thiazole rings is 1. The van der Waals surface area contributed by atoms with Gasteiger partial charge in [-0.1, -0.05) is 11.3 Å². The van der Waals surface area contributed by atoms with Crippen molar-refractivity contribution in [3.05, 3.63) is 10.3 Å². The van der Waals surface area contributed by atoms with Crippen molar-refractivity contribution in [1.29, 1.82) is 0 Å². The van der Waals surface area contributed by atoms with Gasteiger partial charge in [0.2, 0.25) is 5.28 Å². The van der Waals surface area contributed by atoms with Crippen molar-refractivity contribution < 1.29 is 14.3 Å². The number of carbonyl (C=O) groups is 1. The van der Waals surface area contributed by atoms with Gasteiger partial charge in [-0.2, -0.15) is 4.98 Å². The van der Waals surface area contributed by atoms with E-state index in [1.807, 2.05) is 4.90 Å². The molecule has 162 valence electrons. The summed E-state index contributed by atoms with van der Waals surface area (Å²) in [6.45, 7) is 10.8. The minimum Gasteiger partial charge on any atom is -0.378 e. The molecule has 5 rings (SSSR count). The standard InChI is InChI=1S/C19H25ClN6O3S/c1-19(2)11-25(12-9-29-10-12)3-4-26(19)17(27)16-21-13-14(24-5-7-28-8-6-24)22-18(20)23-15(13)30-16/h12H,3-11H2,1-2H3. The van der Waals surface area contributed by atoms with Crippen LogP contribution in [-0.2, 0) is 9.47 Å². The summed E-state index contributed by atoms with van der Waals surface area (Å²) in [7, 11) is 0. The molecule has 5 heterocycles. The smallest absolute Gasteiger partial charge is 0.283 e. The average molecular weight is 453 g/mol. The van der Waals surface area contributed by atoms with E-state index < -0.39 is 0 Å². The Morgan fingerprint density at radius 3 is 2.53 bits per heavy atom. The minimum atomic E-state index is -0.293. The molecule has 0 bridgehead atoms. The quantitative estimate of drug-likeness (QED) is 0.648. The third-order valence-corrected chi connectivity index (χ3v) is 7.13. The van der Waals surface area contributed by atoms with E-state index >= 15 is 0 Å². The Kier molecular flexibility index (Phi) is 5.30. The normalized spacial score (nSPS) is 23.0. The van der Waals surface area contributed by atoms with Gasteiger partial charge in [-0.3, -0.25) is 9.69 Å². The van der Waals surface area contributed by atoms with Crippen molar-refractivity contribution in [2.45, 2.75) is 25.4 Å². The summed E-state index contributed by atoms with van der Waals surface area (Å²) in [6, 6.07) is 0.470. The van der Waals surface area contributed by atoms with Crippen LogP contribution in [0.3, 0.4) is 0 Å². The van der Waals surface area contributed by atoms with Crippen LogP contribution in [0.4, 0.5) is 5.82 Å². The number of morpholine rings is 1. The van der Waals surface area contributed by atoms with Crippen LogP contribution >= 0.6 is 22.9 Å². The molecule has 0 saturated carbocycles. The minimum absolute atomic E-state index is 0.0587. The number of nitrogens with zero attached hydrogens (tertiary/aromatic N) is 6. The number of anilines is 1. The number of amides is 1. The Labute approximate surface area is 183 Å². The lowest BCUT2D eigenvalue weighted by Crippen LogP contribution is -2.65. The van der Waals surface area contributed by atoms with Crippen LogP contribution < -0.4 is 4.90 Å². The molecule has 0 radical (unpaired) electrons. The van der Waals surface area contributed by atoms with Crippen molar-refractivity contribution in [3.63, 3.8) is 0 Å². The van der Waals surface area contributed by atoms with E-state index in [1.54, 1.807) is 0 Å². The number of hydrogen-bond donors (Lipinski definition) is 0. The molecule has 0 spiro atoms. The number of hydrogen-bond acceptors (Lipinski definition) is 9. The zero-order chi connectivity index (χ0) is 20.9. The summed E-state index contributed by atoms with van der Waals surface area (Å²) in [5.74, 6) is 0.620. The van der Waals surface area contributed by atoms with Gasteiger partial charge in [-0.05, 0) is 25.4 Å². The molecular weight excluding hydrogens is 428 g/mol. The van der Waals surface area contributed by atoms with Gasteiger partial charge in [0.15, 0.2) is 15.7 Å². The van der Waals surface area contributed by atoms with Gasteiger partial charge in [0.25, 0.3) is 5.91 Å². The van der Waals surface area contributed by atoms with E-state index in [9.17, 15) is 4.79 Å². The molecular formula is C19H25ClN6O3S. The molecule has 2 aromatic rings. The number of ether oxygens (including phenoxy) is 2. The Hall–Kier alpha value is -1.59. The third-order valence-electron chi connectivity index (χ3n) is 6.02. The fourth-order valence-corrected chi connectivity index (χ4v) is 5.40. The Bertz CT molecular complexity index is 959. The summed E-state index contributed by atoms with van der Waals surface area (Å²) < 4.78 is 10.8. The van der Waals surface area contributed by atoms with Crippen LogP contribution in [0.25, 0.3) is 10.3 Å².